The molecule has 0 aliphatic carbocycles. The number of carbonyl (C=O) groups is 3. The van der Waals surface area contributed by atoms with Crippen LogP contribution in [0.5, 0.6) is 0 Å². The van der Waals surface area contributed by atoms with Gasteiger partial charge in [-0.25, -0.2) is 0 Å². The highest BCUT2D eigenvalue weighted by molar-refractivity contribution is 6.23. The lowest BCUT2D eigenvalue weighted by atomic mass is 10.1. The van der Waals surface area contributed by atoms with E-state index >= 15 is 0 Å². The number of fused-ring (bicyclic) bond motifs is 1. The maximum atomic E-state index is 12.2. The number of nitrogens with zero attached hydrogens (tertiary/aromatic N) is 1. The van der Waals surface area contributed by atoms with Crippen molar-refractivity contribution in [1.29, 1.82) is 0 Å². The Morgan fingerprint density at radius 3 is 2.62 bits per heavy atom. The molecule has 1 aromatic carbocycles. The lowest BCUT2D eigenvalue weighted by Gasteiger charge is -2.14. The van der Waals surface area contributed by atoms with Crippen molar-refractivity contribution in [2.75, 3.05) is 18.8 Å². The van der Waals surface area contributed by atoms with Gasteiger partial charge in [0.05, 0.1) is 11.1 Å². The first-order valence-corrected chi connectivity index (χ1v) is 6.93. The summed E-state index contributed by atoms with van der Waals surface area (Å²) >= 11 is 0. The lowest BCUT2D eigenvalue weighted by Crippen LogP contribution is -2.35. The van der Waals surface area contributed by atoms with Gasteiger partial charge in [0.25, 0.3) is 11.8 Å². The van der Waals surface area contributed by atoms with Gasteiger partial charge >= 0.3 is 0 Å². The number of amides is 3. The number of benzene rings is 1. The third-order valence-electron chi connectivity index (χ3n) is 3.30. The third-order valence-corrected chi connectivity index (χ3v) is 3.30. The van der Waals surface area contributed by atoms with Crippen LogP contribution >= 0.6 is 0 Å². The minimum absolute atomic E-state index is 0.0652. The molecule has 21 heavy (non-hydrogen) atoms. The zero-order chi connectivity index (χ0) is 15.6. The molecule has 1 aliphatic rings. The van der Waals surface area contributed by atoms with Gasteiger partial charge in [0, 0.05) is 25.2 Å². The first-order chi connectivity index (χ1) is 9.91. The van der Waals surface area contributed by atoms with E-state index in [-0.39, 0.29) is 36.0 Å². The van der Waals surface area contributed by atoms with Crippen LogP contribution in [0.15, 0.2) is 18.2 Å². The van der Waals surface area contributed by atoms with Crippen LogP contribution in [-0.2, 0) is 4.79 Å². The van der Waals surface area contributed by atoms with Crippen molar-refractivity contribution < 1.29 is 14.4 Å². The first kappa shape index (κ1) is 15.0. The summed E-state index contributed by atoms with van der Waals surface area (Å²) in [7, 11) is 0. The van der Waals surface area contributed by atoms with Gasteiger partial charge in [0.15, 0.2) is 0 Å². The predicted molar refractivity (Wildman–Crippen MR) is 78.7 cm³/mol. The zero-order valence-electron chi connectivity index (χ0n) is 12.2. The van der Waals surface area contributed by atoms with Crippen LogP contribution in [0.25, 0.3) is 0 Å². The Morgan fingerprint density at radius 2 is 2.00 bits per heavy atom. The molecule has 6 heteroatoms. The van der Waals surface area contributed by atoms with Gasteiger partial charge in [-0.05, 0) is 18.1 Å². The number of hydrogen-bond donors (Lipinski definition) is 2. The highest BCUT2D eigenvalue weighted by Crippen LogP contribution is 2.27. The Bertz CT molecular complexity index is 596. The summed E-state index contributed by atoms with van der Waals surface area (Å²) in [5.41, 5.74) is 6.58. The third kappa shape index (κ3) is 3.04. The van der Waals surface area contributed by atoms with Gasteiger partial charge in [-0.15, -0.1) is 0 Å². The van der Waals surface area contributed by atoms with Crippen molar-refractivity contribution in [3.63, 3.8) is 0 Å². The molecule has 0 atom stereocenters. The van der Waals surface area contributed by atoms with E-state index in [1.54, 1.807) is 18.2 Å². The number of hydrogen-bond acceptors (Lipinski definition) is 4. The van der Waals surface area contributed by atoms with Crippen molar-refractivity contribution in [2.24, 2.45) is 5.92 Å². The van der Waals surface area contributed by atoms with Crippen molar-refractivity contribution in [1.82, 2.24) is 10.2 Å². The summed E-state index contributed by atoms with van der Waals surface area (Å²) in [5, 5.41) is 2.76. The number of nitrogens with one attached hydrogen (secondary N) is 1. The molecule has 1 heterocycles. The van der Waals surface area contributed by atoms with Crippen LogP contribution in [0, 0.1) is 5.92 Å². The van der Waals surface area contributed by atoms with Gasteiger partial charge in [0.1, 0.15) is 0 Å². The monoisotopic (exact) mass is 289 g/mol. The number of imide groups is 1. The highest BCUT2D eigenvalue weighted by atomic mass is 16.2. The van der Waals surface area contributed by atoms with Crippen molar-refractivity contribution in [2.45, 2.75) is 20.3 Å². The standard InChI is InChI=1S/C15H19N3O3/c1-9(2)8-17-12(19)6-7-18-14(20)10-4-3-5-11(16)13(10)15(18)21/h3-5,9H,6-8,16H2,1-2H3,(H,17,19). The maximum absolute atomic E-state index is 12.2. The molecular weight excluding hydrogens is 270 g/mol. The van der Waals surface area contributed by atoms with Crippen LogP contribution in [0.1, 0.15) is 41.0 Å². The van der Waals surface area contributed by atoms with Crippen LogP contribution in [0.3, 0.4) is 0 Å². The fourth-order valence-electron chi connectivity index (χ4n) is 2.18. The van der Waals surface area contributed by atoms with E-state index in [1.807, 2.05) is 13.8 Å². The largest absolute Gasteiger partial charge is 0.398 e. The SMILES string of the molecule is CC(C)CNC(=O)CCN1C(=O)c2cccc(N)c2C1=O. The fourth-order valence-corrected chi connectivity index (χ4v) is 2.18. The number of rotatable bonds is 5. The predicted octanol–water partition coefficient (Wildman–Crippen LogP) is 1.03. The number of nitrogen functional groups attached to an aromatic ring is 1. The van der Waals surface area contributed by atoms with E-state index in [2.05, 4.69) is 5.32 Å². The van der Waals surface area contributed by atoms with E-state index < -0.39 is 5.91 Å². The normalized spacial score (nSPS) is 13.8. The quantitative estimate of drug-likeness (QED) is 0.625. The van der Waals surface area contributed by atoms with Crippen molar-refractivity contribution in [3.05, 3.63) is 29.3 Å². The van der Waals surface area contributed by atoms with Gasteiger partial charge in [-0.3, -0.25) is 19.3 Å². The Morgan fingerprint density at radius 1 is 1.29 bits per heavy atom. The minimum atomic E-state index is -0.426. The summed E-state index contributed by atoms with van der Waals surface area (Å²) in [6.45, 7) is 4.63. The summed E-state index contributed by atoms with van der Waals surface area (Å²) in [6, 6.07) is 4.80. The van der Waals surface area contributed by atoms with Crippen LogP contribution < -0.4 is 11.1 Å². The van der Waals surface area contributed by atoms with Crippen LogP contribution in [0.2, 0.25) is 0 Å². The summed E-state index contributed by atoms with van der Waals surface area (Å²) in [6.07, 6.45) is 0.0953. The first-order valence-electron chi connectivity index (χ1n) is 6.93. The molecule has 0 bridgehead atoms. The smallest absolute Gasteiger partial charge is 0.263 e. The second kappa shape index (κ2) is 5.95. The molecule has 0 saturated carbocycles. The van der Waals surface area contributed by atoms with Gasteiger partial charge < -0.3 is 11.1 Å². The van der Waals surface area contributed by atoms with Crippen LogP contribution in [-0.4, -0.2) is 35.7 Å². The molecule has 1 aromatic rings. The van der Waals surface area contributed by atoms with Gasteiger partial charge in [-0.1, -0.05) is 19.9 Å². The molecule has 3 amide bonds. The summed E-state index contributed by atoms with van der Waals surface area (Å²) < 4.78 is 0. The number of carbonyl (C=O) groups excluding carboxylic acids is 3. The highest BCUT2D eigenvalue weighted by Gasteiger charge is 2.36. The average molecular weight is 289 g/mol. The van der Waals surface area contributed by atoms with Gasteiger partial charge in [-0.2, -0.15) is 0 Å². The second-order valence-corrected chi connectivity index (χ2v) is 5.48. The molecule has 0 saturated heterocycles. The average Bonchev–Trinajstić information content (AvgIpc) is 2.67. The van der Waals surface area contributed by atoms with E-state index in [9.17, 15) is 14.4 Å². The summed E-state index contributed by atoms with van der Waals surface area (Å²) in [5.74, 6) is -0.634. The van der Waals surface area contributed by atoms with E-state index in [0.29, 0.717) is 18.0 Å². The summed E-state index contributed by atoms with van der Waals surface area (Å²) in [4.78, 5) is 37.1. The molecule has 6 nitrogen and oxygen atoms in total. The minimum Gasteiger partial charge on any atom is -0.398 e. The molecule has 112 valence electrons. The number of nitrogens with two attached hydrogens (primary N) is 1. The Kier molecular flexibility index (Phi) is 4.26. The van der Waals surface area contributed by atoms with E-state index in [0.717, 1.165) is 4.90 Å². The molecule has 0 spiro atoms. The topological polar surface area (TPSA) is 92.5 Å². The molecule has 0 radical (unpaired) electrons. The van der Waals surface area contributed by atoms with Crippen LogP contribution in [0.4, 0.5) is 5.69 Å². The van der Waals surface area contributed by atoms with Crippen molar-refractivity contribution >= 4 is 23.4 Å². The Balaban J connectivity index is 2.01. The lowest BCUT2D eigenvalue weighted by molar-refractivity contribution is -0.121. The van der Waals surface area contributed by atoms with Crippen molar-refractivity contribution in [3.8, 4) is 0 Å². The Hall–Kier alpha value is -2.37. The molecule has 0 aromatic heterocycles. The zero-order valence-corrected chi connectivity index (χ0v) is 12.2. The fraction of sp³-hybridized carbons (Fsp3) is 0.400. The molecule has 0 fully saturated rings. The maximum Gasteiger partial charge on any atom is 0.263 e. The van der Waals surface area contributed by atoms with E-state index in [1.165, 1.54) is 0 Å². The molecule has 3 N–H and O–H groups in total. The molecule has 1 aliphatic heterocycles. The molecule has 2 rings (SSSR count). The van der Waals surface area contributed by atoms with E-state index in [4.69, 9.17) is 5.73 Å². The number of anilines is 1. The second-order valence-electron chi connectivity index (χ2n) is 5.48. The molecular formula is C15H19N3O3. The Labute approximate surface area is 123 Å². The molecule has 0 unspecified atom stereocenters. The van der Waals surface area contributed by atoms with Gasteiger partial charge in [0.2, 0.25) is 5.91 Å².